The zero-order valence-electron chi connectivity index (χ0n) is 10.8. The molecular weight excluding hydrogens is 446 g/mol. The Morgan fingerprint density at radius 2 is 1.05 bits per heavy atom. The molecule has 4 nitrogen and oxygen atoms in total. The van der Waals surface area contributed by atoms with E-state index < -0.39 is 11.4 Å². The van der Waals surface area contributed by atoms with E-state index >= 15 is 0 Å². The van der Waals surface area contributed by atoms with Crippen molar-refractivity contribution in [1.82, 2.24) is 0 Å². The Kier molecular flexibility index (Phi) is 21.5. The molecule has 0 saturated heterocycles. The fourth-order valence-corrected chi connectivity index (χ4v) is 5.38. The number of hydrogen-bond acceptors (Lipinski definition) is 8. The van der Waals surface area contributed by atoms with Gasteiger partial charge in [-0.15, -0.1) is 23.6 Å². The normalized spacial score (nSPS) is 11.3. The van der Waals surface area contributed by atoms with Crippen LogP contribution in [0.25, 0.3) is 0 Å². The smallest absolute Gasteiger partial charge is 0.825 e. The molecule has 0 N–H and O–H groups in total. The van der Waals surface area contributed by atoms with E-state index in [1.54, 1.807) is 0 Å². The minimum atomic E-state index is -3.45. The average molecular weight is 464 g/mol. The van der Waals surface area contributed by atoms with E-state index in [2.05, 4.69) is 23.6 Å². The van der Waals surface area contributed by atoms with Crippen LogP contribution >= 0.6 is 34.2 Å². The molecule has 0 atom stereocenters. The van der Waals surface area contributed by atoms with Crippen LogP contribution in [0.5, 0.6) is 0 Å². The van der Waals surface area contributed by atoms with Crippen molar-refractivity contribution in [2.24, 2.45) is 0 Å². The summed E-state index contributed by atoms with van der Waals surface area (Å²) in [5.41, 5.74) is -6.89. The summed E-state index contributed by atoms with van der Waals surface area (Å²) in [6.45, 7) is 4.03. The van der Waals surface area contributed by atoms with Crippen molar-refractivity contribution in [3.05, 3.63) is 0 Å². The first-order valence-electron chi connectivity index (χ1n) is 5.45. The molecule has 0 aliphatic carbocycles. The predicted molar refractivity (Wildman–Crippen MR) is 83.3 cm³/mol. The van der Waals surface area contributed by atoms with Crippen LogP contribution in [0.1, 0.15) is 39.5 Å². The van der Waals surface area contributed by atoms with Gasteiger partial charge in [-0.25, -0.2) is 0 Å². The molecule has 0 amide bonds. The van der Waals surface area contributed by atoms with Gasteiger partial charge in [-0.05, 0) is 24.3 Å². The quantitative estimate of drug-likeness (QED) is 0.298. The fraction of sp³-hybridized carbons (Fsp3) is 1.00. The van der Waals surface area contributed by atoms with Crippen LogP contribution in [0.4, 0.5) is 0 Å². The second-order valence-corrected chi connectivity index (χ2v) is 15.1. The van der Waals surface area contributed by atoms with Gasteiger partial charge in [-0.1, -0.05) is 26.7 Å². The van der Waals surface area contributed by atoms with Crippen LogP contribution in [-0.2, 0) is 44.7 Å². The third-order valence-electron chi connectivity index (χ3n) is 1.49. The molecule has 0 bridgehead atoms. The third-order valence-corrected chi connectivity index (χ3v) is 7.96. The van der Waals surface area contributed by atoms with E-state index in [0.29, 0.717) is 11.5 Å². The van der Waals surface area contributed by atoms with E-state index in [4.69, 9.17) is 0 Å². The standard InChI is InChI=1S/2C4H11O2PS2.Mo/c2*1-2-3-4-9-7(5,6)8;/h2*2-4H2,1H3,(H2,5,6,8);/q;;+4/p-4. The summed E-state index contributed by atoms with van der Waals surface area (Å²) in [5.74, 6) is 1.28. The summed E-state index contributed by atoms with van der Waals surface area (Å²) in [6, 6.07) is 0. The van der Waals surface area contributed by atoms with E-state index in [0.717, 1.165) is 48.4 Å². The van der Waals surface area contributed by atoms with Crippen LogP contribution in [-0.4, -0.2) is 11.5 Å². The Labute approximate surface area is 148 Å². The molecule has 0 saturated carbocycles. The van der Waals surface area contributed by atoms with Gasteiger partial charge in [0.2, 0.25) is 0 Å². The Hall–Kier alpha value is 2.53. The third kappa shape index (κ3) is 33.4. The van der Waals surface area contributed by atoms with Gasteiger partial charge in [0, 0.05) is 0 Å². The second kappa shape index (κ2) is 15.4. The van der Waals surface area contributed by atoms with Crippen molar-refractivity contribution in [3.63, 3.8) is 0 Å². The van der Waals surface area contributed by atoms with E-state index in [9.17, 15) is 19.6 Å². The summed E-state index contributed by atoms with van der Waals surface area (Å²) in [6.07, 6.45) is 3.88. The molecule has 0 aliphatic rings. The van der Waals surface area contributed by atoms with Gasteiger partial charge in [0.05, 0.1) is 0 Å². The van der Waals surface area contributed by atoms with Crippen molar-refractivity contribution in [3.8, 4) is 0 Å². The molecule has 114 valence electrons. The van der Waals surface area contributed by atoms with Crippen LogP contribution < -0.4 is 19.6 Å². The van der Waals surface area contributed by atoms with Crippen molar-refractivity contribution in [1.29, 1.82) is 0 Å². The van der Waals surface area contributed by atoms with Crippen LogP contribution in [0.2, 0.25) is 0 Å². The molecule has 0 aromatic heterocycles. The summed E-state index contributed by atoms with van der Waals surface area (Å²) in [7, 11) is 0. The van der Waals surface area contributed by atoms with Gasteiger partial charge < -0.3 is 19.6 Å². The number of rotatable bonds is 8. The first-order valence-corrected chi connectivity index (χ1v) is 13.9. The Morgan fingerprint density at radius 1 is 0.789 bits per heavy atom. The number of hydrogen-bond donors (Lipinski definition) is 0. The maximum atomic E-state index is 10.3. The molecule has 0 aromatic rings. The summed E-state index contributed by atoms with van der Waals surface area (Å²) >= 11 is 10.1. The predicted octanol–water partition coefficient (Wildman–Crippen LogP) is 0.927. The molecule has 0 spiro atoms. The fourth-order valence-electron chi connectivity index (χ4n) is 0.641. The first kappa shape index (κ1) is 26.4. The minimum absolute atomic E-state index is 0. The monoisotopic (exact) mass is 466 g/mol. The molecule has 19 heavy (non-hydrogen) atoms. The molecule has 0 rings (SSSR count). The van der Waals surface area contributed by atoms with Gasteiger partial charge in [-0.3, -0.25) is 0 Å². The van der Waals surface area contributed by atoms with E-state index in [1.807, 2.05) is 13.8 Å². The van der Waals surface area contributed by atoms with E-state index in [-0.39, 0.29) is 21.1 Å². The molecule has 0 heterocycles. The summed E-state index contributed by atoms with van der Waals surface area (Å²) in [4.78, 5) is 41.2. The zero-order valence-corrected chi connectivity index (χ0v) is 17.9. The Bertz CT molecular complexity index is 256. The maximum absolute atomic E-state index is 10.3. The molecule has 0 aromatic carbocycles. The van der Waals surface area contributed by atoms with Gasteiger partial charge in [0.15, 0.2) is 0 Å². The minimum Gasteiger partial charge on any atom is -0.825 e. The Morgan fingerprint density at radius 3 is 1.21 bits per heavy atom. The zero-order chi connectivity index (χ0) is 14.7. The SMILES string of the molecule is CCCCSP([O-])([O-])=S.CCCCSP([O-])([O-])=S.[Mo+4]. The van der Waals surface area contributed by atoms with Crippen LogP contribution in [0.3, 0.4) is 0 Å². The number of unbranched alkanes of at least 4 members (excludes halogenated alkanes) is 2. The summed E-state index contributed by atoms with van der Waals surface area (Å²) in [5, 5.41) is 0. The molecule has 0 fully saturated rings. The van der Waals surface area contributed by atoms with Crippen molar-refractivity contribution in [2.45, 2.75) is 39.5 Å². The van der Waals surface area contributed by atoms with E-state index in [1.165, 1.54) is 0 Å². The van der Waals surface area contributed by atoms with Crippen LogP contribution in [0.15, 0.2) is 0 Å². The van der Waals surface area contributed by atoms with Gasteiger partial charge in [0.25, 0.3) is 0 Å². The molecule has 0 radical (unpaired) electrons. The van der Waals surface area contributed by atoms with Crippen molar-refractivity contribution < 1.29 is 40.6 Å². The second-order valence-electron chi connectivity index (χ2n) is 3.27. The topological polar surface area (TPSA) is 92.2 Å². The summed E-state index contributed by atoms with van der Waals surface area (Å²) < 4.78 is 0. The van der Waals surface area contributed by atoms with Gasteiger partial charge in [-0.2, -0.15) is 34.2 Å². The molecule has 11 heteroatoms. The van der Waals surface area contributed by atoms with Crippen LogP contribution in [0, 0.1) is 0 Å². The van der Waals surface area contributed by atoms with Gasteiger partial charge >= 0.3 is 21.1 Å². The maximum Gasteiger partial charge on any atom is 4.00 e. The molecular formula is C8H18MoO4P2S4. The Balaban J connectivity index is -0.000000256. The van der Waals surface area contributed by atoms with Crippen molar-refractivity contribution >= 4 is 57.8 Å². The van der Waals surface area contributed by atoms with Gasteiger partial charge in [0.1, 0.15) is 0 Å². The first-order chi connectivity index (χ1) is 8.12. The van der Waals surface area contributed by atoms with Crippen molar-refractivity contribution in [2.75, 3.05) is 11.5 Å². The molecule has 0 aliphatic heterocycles. The average Bonchev–Trinajstić information content (AvgIpc) is 2.16. The molecule has 0 unspecified atom stereocenters. The largest absolute Gasteiger partial charge is 4.00 e.